The first-order chi connectivity index (χ1) is 6.83. The summed E-state index contributed by atoms with van der Waals surface area (Å²) in [6.45, 7) is 3.95. The van der Waals surface area contributed by atoms with E-state index in [-0.39, 0.29) is 0 Å². The fourth-order valence-electron chi connectivity index (χ4n) is 1.37. The summed E-state index contributed by atoms with van der Waals surface area (Å²) in [6.07, 6.45) is 8.34. The number of hydrogen-bond acceptors (Lipinski definition) is 2. The highest BCUT2D eigenvalue weighted by atomic mass is 127. The Morgan fingerprint density at radius 1 is 1.36 bits per heavy atom. The zero-order valence-corrected chi connectivity index (χ0v) is 11.2. The van der Waals surface area contributed by atoms with Crippen LogP contribution in [0.2, 0.25) is 0 Å². The van der Waals surface area contributed by atoms with Crippen LogP contribution in [0, 0.1) is 0 Å². The van der Waals surface area contributed by atoms with Crippen molar-refractivity contribution in [1.82, 2.24) is 0 Å². The molecule has 0 N–H and O–H groups in total. The highest BCUT2D eigenvalue weighted by molar-refractivity contribution is 14.1. The number of hydrogen-bond donors (Lipinski definition) is 0. The topological polar surface area (TPSA) is 21.8 Å². The molecule has 14 heavy (non-hydrogen) atoms. The van der Waals surface area contributed by atoms with E-state index in [0.717, 1.165) is 13.2 Å². The summed E-state index contributed by atoms with van der Waals surface area (Å²) in [5, 5.41) is 0. The highest BCUT2D eigenvalue weighted by Gasteiger charge is 2.23. The SMILES string of the molecule is CCCCCCCC(I)OCC1CO1. The molecule has 1 aliphatic rings. The standard InChI is InChI=1S/C11H21IO2/c1-2-3-4-5-6-7-11(12)14-9-10-8-13-10/h10-11H,2-9H2,1H3. The fourth-order valence-corrected chi connectivity index (χ4v) is 2.02. The molecule has 1 aliphatic heterocycles. The van der Waals surface area contributed by atoms with Crippen LogP contribution >= 0.6 is 22.6 Å². The lowest BCUT2D eigenvalue weighted by molar-refractivity contribution is 0.100. The van der Waals surface area contributed by atoms with Crippen LogP contribution in [0.5, 0.6) is 0 Å². The van der Waals surface area contributed by atoms with Crippen molar-refractivity contribution in [2.45, 2.75) is 55.7 Å². The van der Waals surface area contributed by atoms with Gasteiger partial charge in [0.25, 0.3) is 0 Å². The third kappa shape index (κ3) is 7.01. The third-order valence-electron chi connectivity index (χ3n) is 2.40. The van der Waals surface area contributed by atoms with E-state index in [2.05, 4.69) is 29.5 Å². The van der Waals surface area contributed by atoms with E-state index in [4.69, 9.17) is 9.47 Å². The molecule has 0 aromatic heterocycles. The Hall–Kier alpha value is 0.650. The van der Waals surface area contributed by atoms with Gasteiger partial charge in [0.15, 0.2) is 0 Å². The first-order valence-corrected chi connectivity index (χ1v) is 6.94. The minimum absolute atomic E-state index is 0.387. The predicted molar refractivity (Wildman–Crippen MR) is 66.9 cm³/mol. The molecule has 2 atom stereocenters. The lowest BCUT2D eigenvalue weighted by Gasteiger charge is -2.09. The molecule has 1 heterocycles. The summed E-state index contributed by atoms with van der Waals surface area (Å²) in [5.41, 5.74) is 0. The average molecular weight is 312 g/mol. The Labute approximate surface area is 101 Å². The van der Waals surface area contributed by atoms with Gasteiger partial charge in [0.05, 0.1) is 13.2 Å². The minimum atomic E-state index is 0.387. The maximum Gasteiger partial charge on any atom is 0.108 e. The second-order valence-electron chi connectivity index (χ2n) is 3.90. The van der Waals surface area contributed by atoms with Gasteiger partial charge in [0.2, 0.25) is 0 Å². The van der Waals surface area contributed by atoms with Crippen molar-refractivity contribution in [3.8, 4) is 0 Å². The van der Waals surface area contributed by atoms with Crippen molar-refractivity contribution in [3.05, 3.63) is 0 Å². The van der Waals surface area contributed by atoms with Gasteiger partial charge in [-0.15, -0.1) is 0 Å². The Morgan fingerprint density at radius 3 is 2.71 bits per heavy atom. The van der Waals surface area contributed by atoms with E-state index < -0.39 is 0 Å². The smallest absolute Gasteiger partial charge is 0.108 e. The average Bonchev–Trinajstić information content (AvgIpc) is 2.98. The normalized spacial score (nSPS) is 22.3. The Bertz CT molecular complexity index is 137. The molecule has 1 saturated heterocycles. The summed E-state index contributed by atoms with van der Waals surface area (Å²) in [7, 11) is 0. The first kappa shape index (κ1) is 12.7. The Morgan fingerprint density at radius 2 is 2.07 bits per heavy atom. The second kappa shape index (κ2) is 7.88. The maximum absolute atomic E-state index is 5.63. The number of alkyl halides is 1. The van der Waals surface area contributed by atoms with Gasteiger partial charge in [-0.1, -0.05) is 61.6 Å². The van der Waals surface area contributed by atoms with E-state index in [0.29, 0.717) is 10.2 Å². The minimum Gasteiger partial charge on any atom is -0.371 e. The van der Waals surface area contributed by atoms with Gasteiger partial charge in [0, 0.05) is 0 Å². The van der Waals surface area contributed by atoms with Crippen LogP contribution in [-0.4, -0.2) is 23.4 Å². The van der Waals surface area contributed by atoms with Crippen molar-refractivity contribution in [2.75, 3.05) is 13.2 Å². The van der Waals surface area contributed by atoms with Gasteiger partial charge in [-0.05, 0) is 6.42 Å². The van der Waals surface area contributed by atoms with Gasteiger partial charge in [-0.3, -0.25) is 0 Å². The number of ether oxygens (including phenoxy) is 2. The Kier molecular flexibility index (Phi) is 7.16. The summed E-state index contributed by atoms with van der Waals surface area (Å²) in [4.78, 5) is 0. The van der Waals surface area contributed by atoms with Crippen LogP contribution in [0.1, 0.15) is 45.4 Å². The molecule has 0 aromatic carbocycles. The van der Waals surface area contributed by atoms with E-state index >= 15 is 0 Å². The zero-order valence-electron chi connectivity index (χ0n) is 9.01. The summed E-state index contributed by atoms with van der Waals surface area (Å²) in [6, 6.07) is 0. The molecule has 0 aliphatic carbocycles. The van der Waals surface area contributed by atoms with Crippen molar-refractivity contribution in [3.63, 3.8) is 0 Å². The molecule has 0 aromatic rings. The second-order valence-corrected chi connectivity index (χ2v) is 5.29. The zero-order chi connectivity index (χ0) is 10.2. The number of unbranched alkanes of at least 4 members (excludes halogenated alkanes) is 4. The lowest BCUT2D eigenvalue weighted by Crippen LogP contribution is -2.09. The van der Waals surface area contributed by atoms with Gasteiger partial charge < -0.3 is 9.47 Å². The van der Waals surface area contributed by atoms with Crippen LogP contribution in [0.4, 0.5) is 0 Å². The monoisotopic (exact) mass is 312 g/mol. The summed E-state index contributed by atoms with van der Waals surface area (Å²) in [5.74, 6) is 0. The largest absolute Gasteiger partial charge is 0.371 e. The number of halogens is 1. The quantitative estimate of drug-likeness (QED) is 0.281. The van der Waals surface area contributed by atoms with Crippen LogP contribution in [-0.2, 0) is 9.47 Å². The molecule has 0 amide bonds. The molecule has 2 unspecified atom stereocenters. The highest BCUT2D eigenvalue weighted by Crippen LogP contribution is 2.17. The predicted octanol–water partition coefficient (Wildman–Crippen LogP) is 3.52. The maximum atomic E-state index is 5.63. The molecular formula is C11H21IO2. The van der Waals surface area contributed by atoms with Gasteiger partial charge in [0.1, 0.15) is 10.2 Å². The van der Waals surface area contributed by atoms with Crippen molar-refractivity contribution < 1.29 is 9.47 Å². The van der Waals surface area contributed by atoms with Crippen LogP contribution in [0.15, 0.2) is 0 Å². The first-order valence-electron chi connectivity index (χ1n) is 5.70. The molecule has 3 heteroatoms. The van der Waals surface area contributed by atoms with E-state index in [1.54, 1.807) is 0 Å². The van der Waals surface area contributed by atoms with Gasteiger partial charge in [-0.25, -0.2) is 0 Å². The van der Waals surface area contributed by atoms with Crippen molar-refractivity contribution in [2.24, 2.45) is 0 Å². The van der Waals surface area contributed by atoms with Crippen LogP contribution < -0.4 is 0 Å². The summed E-state index contributed by atoms with van der Waals surface area (Å²) < 4.78 is 11.1. The van der Waals surface area contributed by atoms with Gasteiger partial charge >= 0.3 is 0 Å². The third-order valence-corrected chi connectivity index (χ3v) is 3.38. The van der Waals surface area contributed by atoms with E-state index in [9.17, 15) is 0 Å². The van der Waals surface area contributed by atoms with Crippen LogP contribution in [0.25, 0.3) is 0 Å². The van der Waals surface area contributed by atoms with Crippen molar-refractivity contribution >= 4 is 22.6 Å². The molecule has 0 bridgehead atoms. The molecule has 1 rings (SSSR count). The van der Waals surface area contributed by atoms with E-state index in [1.807, 2.05) is 0 Å². The molecule has 84 valence electrons. The van der Waals surface area contributed by atoms with Gasteiger partial charge in [-0.2, -0.15) is 0 Å². The lowest BCUT2D eigenvalue weighted by atomic mass is 10.1. The molecular weight excluding hydrogens is 291 g/mol. The molecule has 0 radical (unpaired) electrons. The van der Waals surface area contributed by atoms with Crippen LogP contribution in [0.3, 0.4) is 0 Å². The fraction of sp³-hybridized carbons (Fsp3) is 1.00. The molecule has 1 fully saturated rings. The molecule has 2 nitrogen and oxygen atoms in total. The Balaban J connectivity index is 1.79. The molecule has 0 spiro atoms. The van der Waals surface area contributed by atoms with Crippen molar-refractivity contribution in [1.29, 1.82) is 0 Å². The van der Waals surface area contributed by atoms with E-state index in [1.165, 1.54) is 38.5 Å². The summed E-state index contributed by atoms with van der Waals surface area (Å²) >= 11 is 2.39. The molecule has 0 saturated carbocycles. The number of rotatable bonds is 9. The number of epoxide rings is 1.